The van der Waals surface area contributed by atoms with Crippen molar-refractivity contribution in [2.24, 2.45) is 5.92 Å². The average Bonchev–Trinajstić information content (AvgIpc) is 2.75. The highest BCUT2D eigenvalue weighted by Gasteiger charge is 2.12. The summed E-state index contributed by atoms with van der Waals surface area (Å²) in [6.07, 6.45) is 13.0. The minimum atomic E-state index is 0.811. The molecule has 0 saturated heterocycles. The molecule has 0 atom stereocenters. The molecule has 88 valence electrons. The smallest absolute Gasteiger partial charge is 0.0587 e. The van der Waals surface area contributed by atoms with E-state index >= 15 is 0 Å². The molecule has 2 heteroatoms. The SMILES string of the molecule is COCCNCCC=CCC1CCCC1. The third-order valence-corrected chi connectivity index (χ3v) is 3.08. The molecule has 15 heavy (non-hydrogen) atoms. The van der Waals surface area contributed by atoms with Crippen molar-refractivity contribution in [3.8, 4) is 0 Å². The van der Waals surface area contributed by atoms with E-state index in [-0.39, 0.29) is 0 Å². The maximum atomic E-state index is 4.96. The van der Waals surface area contributed by atoms with Crippen molar-refractivity contribution < 1.29 is 4.74 Å². The zero-order chi connectivity index (χ0) is 10.8. The van der Waals surface area contributed by atoms with Crippen molar-refractivity contribution in [1.29, 1.82) is 0 Å². The Labute approximate surface area is 94.1 Å². The van der Waals surface area contributed by atoms with E-state index < -0.39 is 0 Å². The quantitative estimate of drug-likeness (QED) is 0.492. The van der Waals surface area contributed by atoms with Gasteiger partial charge in [0.05, 0.1) is 6.61 Å². The summed E-state index contributed by atoms with van der Waals surface area (Å²) < 4.78 is 4.96. The summed E-state index contributed by atoms with van der Waals surface area (Å²) in [5.74, 6) is 0.989. The second-order valence-corrected chi connectivity index (χ2v) is 4.39. The Bertz CT molecular complexity index is 162. The maximum Gasteiger partial charge on any atom is 0.0587 e. The van der Waals surface area contributed by atoms with Crippen molar-refractivity contribution in [2.75, 3.05) is 26.8 Å². The highest BCUT2D eigenvalue weighted by atomic mass is 16.5. The summed E-state index contributed by atoms with van der Waals surface area (Å²) in [6.45, 7) is 2.85. The number of hydrogen-bond acceptors (Lipinski definition) is 2. The molecule has 0 aromatic rings. The first-order valence-corrected chi connectivity index (χ1v) is 6.28. The predicted molar refractivity (Wildman–Crippen MR) is 65.1 cm³/mol. The van der Waals surface area contributed by atoms with Crippen molar-refractivity contribution in [3.63, 3.8) is 0 Å². The van der Waals surface area contributed by atoms with E-state index in [0.29, 0.717) is 0 Å². The first-order valence-electron chi connectivity index (χ1n) is 6.28. The molecule has 1 saturated carbocycles. The van der Waals surface area contributed by atoms with Crippen molar-refractivity contribution in [2.45, 2.75) is 38.5 Å². The number of hydrogen-bond donors (Lipinski definition) is 1. The van der Waals surface area contributed by atoms with Crippen LogP contribution in [0.15, 0.2) is 12.2 Å². The van der Waals surface area contributed by atoms with Crippen LogP contribution in [0.1, 0.15) is 38.5 Å². The highest BCUT2D eigenvalue weighted by molar-refractivity contribution is 4.85. The van der Waals surface area contributed by atoms with Gasteiger partial charge in [-0.05, 0) is 25.3 Å². The highest BCUT2D eigenvalue weighted by Crippen LogP contribution is 2.27. The van der Waals surface area contributed by atoms with E-state index in [1.807, 2.05) is 0 Å². The fourth-order valence-corrected chi connectivity index (χ4v) is 2.14. The van der Waals surface area contributed by atoms with Gasteiger partial charge in [-0.15, -0.1) is 0 Å². The van der Waals surface area contributed by atoms with E-state index in [1.165, 1.54) is 32.1 Å². The first kappa shape index (κ1) is 12.7. The van der Waals surface area contributed by atoms with Crippen molar-refractivity contribution in [3.05, 3.63) is 12.2 Å². The normalized spacial score (nSPS) is 17.9. The lowest BCUT2D eigenvalue weighted by atomic mass is 10.0. The standard InChI is InChI=1S/C13H25NO/c1-15-12-11-14-10-6-2-3-7-13-8-4-5-9-13/h2-3,13-14H,4-12H2,1H3. The second-order valence-electron chi connectivity index (χ2n) is 4.39. The average molecular weight is 211 g/mol. The number of allylic oxidation sites excluding steroid dienone is 1. The zero-order valence-electron chi connectivity index (χ0n) is 10.0. The minimum Gasteiger partial charge on any atom is -0.383 e. The number of nitrogens with one attached hydrogen (secondary N) is 1. The van der Waals surface area contributed by atoms with Crippen LogP contribution in [0.4, 0.5) is 0 Å². The Morgan fingerprint density at radius 1 is 1.20 bits per heavy atom. The van der Waals surface area contributed by atoms with Gasteiger partial charge in [0.2, 0.25) is 0 Å². The number of ether oxygens (including phenoxy) is 1. The molecule has 1 fully saturated rings. The van der Waals surface area contributed by atoms with Gasteiger partial charge < -0.3 is 10.1 Å². The Balaban J connectivity index is 1.84. The summed E-state index contributed by atoms with van der Waals surface area (Å²) in [5.41, 5.74) is 0. The minimum absolute atomic E-state index is 0.811. The Kier molecular flexibility index (Phi) is 7.58. The van der Waals surface area contributed by atoms with E-state index in [4.69, 9.17) is 4.74 Å². The molecule has 0 aromatic heterocycles. The van der Waals surface area contributed by atoms with Crippen LogP contribution in [-0.4, -0.2) is 26.8 Å². The molecular weight excluding hydrogens is 186 g/mol. The molecule has 0 aromatic carbocycles. The van der Waals surface area contributed by atoms with Crippen LogP contribution in [0.25, 0.3) is 0 Å². The van der Waals surface area contributed by atoms with E-state index in [2.05, 4.69) is 17.5 Å². The molecule has 1 N–H and O–H groups in total. The van der Waals surface area contributed by atoms with Gasteiger partial charge in [0.25, 0.3) is 0 Å². The van der Waals surface area contributed by atoms with Crippen LogP contribution in [0.5, 0.6) is 0 Å². The van der Waals surface area contributed by atoms with Gasteiger partial charge in [0.15, 0.2) is 0 Å². The summed E-state index contributed by atoms with van der Waals surface area (Å²) in [7, 11) is 1.74. The number of methoxy groups -OCH3 is 1. The molecule has 1 rings (SSSR count). The van der Waals surface area contributed by atoms with Crippen LogP contribution in [0.2, 0.25) is 0 Å². The van der Waals surface area contributed by atoms with Gasteiger partial charge in [0.1, 0.15) is 0 Å². The lowest BCUT2D eigenvalue weighted by Gasteiger charge is -2.03. The summed E-state index contributed by atoms with van der Waals surface area (Å²) in [6, 6.07) is 0. The molecule has 0 amide bonds. The lowest BCUT2D eigenvalue weighted by molar-refractivity contribution is 0.199. The second kappa shape index (κ2) is 8.93. The Morgan fingerprint density at radius 2 is 2.00 bits per heavy atom. The number of rotatable bonds is 8. The Hall–Kier alpha value is -0.340. The van der Waals surface area contributed by atoms with Crippen LogP contribution < -0.4 is 5.32 Å². The van der Waals surface area contributed by atoms with Gasteiger partial charge >= 0.3 is 0 Å². The van der Waals surface area contributed by atoms with E-state index in [1.54, 1.807) is 7.11 Å². The summed E-state index contributed by atoms with van der Waals surface area (Å²) in [4.78, 5) is 0. The van der Waals surface area contributed by atoms with Crippen LogP contribution in [0, 0.1) is 5.92 Å². The third-order valence-electron chi connectivity index (χ3n) is 3.08. The van der Waals surface area contributed by atoms with Gasteiger partial charge in [-0.25, -0.2) is 0 Å². The van der Waals surface area contributed by atoms with Crippen LogP contribution >= 0.6 is 0 Å². The molecule has 0 spiro atoms. The molecule has 0 radical (unpaired) electrons. The monoisotopic (exact) mass is 211 g/mol. The fourth-order valence-electron chi connectivity index (χ4n) is 2.14. The molecule has 2 nitrogen and oxygen atoms in total. The molecule has 0 unspecified atom stereocenters. The first-order chi connectivity index (χ1) is 7.43. The third kappa shape index (κ3) is 6.69. The molecule has 0 aliphatic heterocycles. The Morgan fingerprint density at radius 3 is 2.73 bits per heavy atom. The van der Waals surface area contributed by atoms with Gasteiger partial charge in [-0.2, -0.15) is 0 Å². The molecular formula is C13H25NO. The van der Waals surface area contributed by atoms with Crippen LogP contribution in [0.3, 0.4) is 0 Å². The fraction of sp³-hybridized carbons (Fsp3) is 0.846. The van der Waals surface area contributed by atoms with Gasteiger partial charge in [0, 0.05) is 13.7 Å². The summed E-state index contributed by atoms with van der Waals surface area (Å²) >= 11 is 0. The molecule has 0 heterocycles. The molecule has 1 aliphatic carbocycles. The van der Waals surface area contributed by atoms with Gasteiger partial charge in [-0.1, -0.05) is 37.8 Å². The topological polar surface area (TPSA) is 21.3 Å². The predicted octanol–water partition coefficient (Wildman–Crippen LogP) is 2.75. The lowest BCUT2D eigenvalue weighted by Crippen LogP contribution is -2.19. The molecule has 1 aliphatic rings. The zero-order valence-corrected chi connectivity index (χ0v) is 10.0. The van der Waals surface area contributed by atoms with Gasteiger partial charge in [-0.3, -0.25) is 0 Å². The summed E-state index contributed by atoms with van der Waals surface area (Å²) in [5, 5.41) is 3.34. The largest absolute Gasteiger partial charge is 0.383 e. The van der Waals surface area contributed by atoms with E-state index in [0.717, 1.165) is 32.0 Å². The van der Waals surface area contributed by atoms with Crippen molar-refractivity contribution in [1.82, 2.24) is 5.32 Å². The van der Waals surface area contributed by atoms with Crippen LogP contribution in [-0.2, 0) is 4.74 Å². The maximum absolute atomic E-state index is 4.96. The molecule has 0 bridgehead atoms. The van der Waals surface area contributed by atoms with E-state index in [9.17, 15) is 0 Å². The van der Waals surface area contributed by atoms with Crippen molar-refractivity contribution >= 4 is 0 Å².